The van der Waals surface area contributed by atoms with E-state index in [4.69, 9.17) is 23.5 Å². The van der Waals surface area contributed by atoms with Gasteiger partial charge in [0.2, 0.25) is 0 Å². The number of benzene rings is 7. The SMILES string of the molecule is CC(C)c1cc(-c2ccccc2)cc(C(C)C)c1-n1c(-c2[c-]ccc3c2oc2ccccc23)nc2ncc(-c3ccccc3)cc21.[2H]C([2H])([2H])c1c[c-]c(-c2cc(C(C)(C)c3ccccc3)c([Si](C)(C)C)cn2)cc1.[Ir]. The third-order valence-corrected chi connectivity index (χ3v) is 15.9. The van der Waals surface area contributed by atoms with Crippen molar-refractivity contribution in [1.29, 1.82) is 0 Å². The van der Waals surface area contributed by atoms with Crippen LogP contribution in [0.25, 0.3) is 83.7 Å². The first-order valence-electron chi connectivity index (χ1n) is 26.5. The second-order valence-electron chi connectivity index (χ2n) is 20.9. The van der Waals surface area contributed by atoms with Crippen LogP contribution in [0.5, 0.6) is 0 Å². The molecule has 7 aromatic carbocycles. The van der Waals surface area contributed by atoms with Gasteiger partial charge in [-0.25, -0.2) is 4.98 Å². The fourth-order valence-electron chi connectivity index (χ4n) is 9.93. The van der Waals surface area contributed by atoms with Gasteiger partial charge >= 0.3 is 0 Å². The monoisotopic (exact) mass is 1150 g/mol. The summed E-state index contributed by atoms with van der Waals surface area (Å²) in [5, 5.41) is 3.47. The Morgan fingerprint density at radius 1 is 0.644 bits per heavy atom. The van der Waals surface area contributed by atoms with Crippen LogP contribution in [-0.2, 0) is 25.5 Å². The molecule has 1 radical (unpaired) electrons. The van der Waals surface area contributed by atoms with E-state index in [1.807, 2.05) is 42.7 Å². The van der Waals surface area contributed by atoms with Crippen molar-refractivity contribution in [2.24, 2.45) is 0 Å². The molecule has 0 bridgehead atoms. The van der Waals surface area contributed by atoms with Crippen LogP contribution in [-0.4, -0.2) is 27.6 Å². The standard InChI is InChI=1S/C42H34N3O.C24H28NSi.Ir/c1-26(2)35-22-30(28-14-7-5-8-15-28)23-36(27(3)4)39(35)45-37-24-31(29-16-9-6-10-17-29)25-43-41(37)44-42(45)34-20-13-19-33-32-18-11-12-21-38(32)46-40(33)34;1-18-12-14-19(15-13-18)22-16-21(23(17-25-22)26(4,5)6)24(2,3)20-10-8-7-9-11-20;/h5-19,21-27H,1-4H3;7-14,16-17H,1-6H3;/q2*-1;/i;1D3;. The molecule has 0 aliphatic rings. The molecule has 0 atom stereocenters. The van der Waals surface area contributed by atoms with Crippen molar-refractivity contribution >= 4 is 46.4 Å². The van der Waals surface area contributed by atoms with E-state index < -0.39 is 14.9 Å². The molecule has 367 valence electrons. The zero-order chi connectivity index (χ0) is 52.8. The van der Waals surface area contributed by atoms with Crippen molar-refractivity contribution in [3.8, 4) is 50.6 Å². The van der Waals surface area contributed by atoms with E-state index in [0.717, 1.165) is 66.9 Å². The summed E-state index contributed by atoms with van der Waals surface area (Å²) < 4.78 is 31.5. The van der Waals surface area contributed by atoms with Gasteiger partial charge in [0.25, 0.3) is 0 Å². The zero-order valence-corrected chi connectivity index (χ0v) is 46.4. The summed E-state index contributed by atoms with van der Waals surface area (Å²) in [6, 6.07) is 64.7. The normalized spacial score (nSPS) is 12.6. The molecule has 0 fully saturated rings. The van der Waals surface area contributed by atoms with Crippen LogP contribution < -0.4 is 5.19 Å². The number of hydrogen-bond donors (Lipinski definition) is 0. The minimum Gasteiger partial charge on any atom is -0.501 e. The molecule has 0 unspecified atom stereocenters. The number of imidazole rings is 1. The third-order valence-electron chi connectivity index (χ3n) is 13.9. The average Bonchev–Trinajstić information content (AvgIpc) is 3.99. The maximum Gasteiger partial charge on any atom is 0.168 e. The van der Waals surface area contributed by atoms with E-state index in [-0.39, 0.29) is 37.4 Å². The number of aromatic nitrogens is 4. The number of pyridine rings is 2. The minimum absolute atomic E-state index is 0. The van der Waals surface area contributed by atoms with E-state index in [1.165, 1.54) is 38.6 Å². The van der Waals surface area contributed by atoms with Crippen molar-refractivity contribution in [2.45, 2.75) is 85.3 Å². The maximum atomic E-state index is 7.56. The summed E-state index contributed by atoms with van der Waals surface area (Å²) in [5.41, 5.74) is 16.6. The largest absolute Gasteiger partial charge is 0.501 e. The molecule has 0 aliphatic heterocycles. The number of para-hydroxylation sites is 1. The summed E-state index contributed by atoms with van der Waals surface area (Å²) in [6.07, 6.45) is 3.95. The fourth-order valence-corrected chi connectivity index (χ4v) is 11.6. The van der Waals surface area contributed by atoms with Crippen molar-refractivity contribution in [3.63, 3.8) is 0 Å². The predicted octanol–water partition coefficient (Wildman–Crippen LogP) is 17.1. The number of fused-ring (bicyclic) bond motifs is 4. The van der Waals surface area contributed by atoms with E-state index in [9.17, 15) is 0 Å². The molecule has 0 aliphatic carbocycles. The smallest absolute Gasteiger partial charge is 0.168 e. The second kappa shape index (κ2) is 20.8. The maximum absolute atomic E-state index is 7.56. The molecule has 4 heterocycles. The van der Waals surface area contributed by atoms with Crippen LogP contribution in [0.4, 0.5) is 0 Å². The van der Waals surface area contributed by atoms with Gasteiger partial charge in [-0.2, -0.15) is 0 Å². The van der Waals surface area contributed by atoms with Crippen molar-refractivity contribution in [2.75, 3.05) is 0 Å². The van der Waals surface area contributed by atoms with Crippen LogP contribution in [0, 0.1) is 19.0 Å². The molecule has 0 saturated carbocycles. The first kappa shape index (κ1) is 47.0. The number of furan rings is 1. The summed E-state index contributed by atoms with van der Waals surface area (Å²) in [4.78, 5) is 14.9. The first-order valence-corrected chi connectivity index (χ1v) is 28.5. The summed E-state index contributed by atoms with van der Waals surface area (Å²) in [7, 11) is -1.63. The Bertz CT molecular complexity index is 3790. The van der Waals surface area contributed by atoms with Crippen LogP contribution in [0.2, 0.25) is 19.6 Å². The molecule has 11 aromatic rings. The van der Waals surface area contributed by atoms with Crippen LogP contribution in [0.15, 0.2) is 187 Å². The Morgan fingerprint density at radius 3 is 1.89 bits per heavy atom. The van der Waals surface area contributed by atoms with Gasteiger partial charge in [-0.3, -0.25) is 4.98 Å². The summed E-state index contributed by atoms with van der Waals surface area (Å²) >= 11 is 0. The van der Waals surface area contributed by atoms with Gasteiger partial charge in [-0.1, -0.05) is 194 Å². The quantitative estimate of drug-likeness (QED) is 0.101. The van der Waals surface area contributed by atoms with Crippen LogP contribution >= 0.6 is 0 Å². The van der Waals surface area contributed by atoms with Crippen molar-refractivity contribution < 1.29 is 28.6 Å². The molecular weight excluding hydrogens is 1090 g/mol. The Morgan fingerprint density at radius 2 is 1.27 bits per heavy atom. The Balaban J connectivity index is 0.000000204. The van der Waals surface area contributed by atoms with Gasteiger partial charge in [-0.15, -0.1) is 53.6 Å². The molecule has 0 amide bonds. The zero-order valence-electron chi connectivity index (χ0n) is 46.0. The Kier molecular flexibility index (Phi) is 13.4. The summed E-state index contributed by atoms with van der Waals surface area (Å²) in [6.45, 7) is 18.5. The van der Waals surface area contributed by atoms with Gasteiger partial charge in [-0.05, 0) is 85.9 Å². The van der Waals surface area contributed by atoms with Gasteiger partial charge < -0.3 is 14.0 Å². The van der Waals surface area contributed by atoms with Crippen LogP contribution in [0.1, 0.15) is 85.3 Å². The fraction of sp³-hybridized carbons (Fsp3) is 0.197. The molecule has 5 nitrogen and oxygen atoms in total. The number of hydrogen-bond acceptors (Lipinski definition) is 4. The van der Waals surface area contributed by atoms with Crippen molar-refractivity contribution in [1.82, 2.24) is 19.5 Å². The number of aryl methyl sites for hydroxylation is 1. The molecule has 11 rings (SSSR count). The van der Waals surface area contributed by atoms with E-state index in [1.54, 1.807) is 18.2 Å². The van der Waals surface area contributed by atoms with E-state index in [2.05, 4.69) is 199 Å². The minimum atomic E-state index is -2.12. The van der Waals surface area contributed by atoms with Gasteiger partial charge in [0.1, 0.15) is 5.58 Å². The Labute approximate surface area is 450 Å². The second-order valence-corrected chi connectivity index (χ2v) is 26.0. The first-order chi connectivity index (χ1) is 35.9. The molecule has 4 aromatic heterocycles. The molecule has 0 saturated heterocycles. The number of nitrogens with zero attached hydrogens (tertiary/aromatic N) is 4. The predicted molar refractivity (Wildman–Crippen MR) is 304 cm³/mol. The topological polar surface area (TPSA) is 56.7 Å². The molecular formula is C66H62IrN4OSi-2. The average molecular weight is 1150 g/mol. The number of rotatable bonds is 10. The molecule has 0 spiro atoms. The Hall–Kier alpha value is -7.02. The molecule has 73 heavy (non-hydrogen) atoms. The van der Waals surface area contributed by atoms with E-state index in [0.29, 0.717) is 11.2 Å². The van der Waals surface area contributed by atoms with Crippen molar-refractivity contribution in [3.05, 3.63) is 222 Å². The van der Waals surface area contributed by atoms with Gasteiger partial charge in [0.05, 0.1) is 25.0 Å². The van der Waals surface area contributed by atoms with Gasteiger partial charge in [0.15, 0.2) is 5.65 Å². The third kappa shape index (κ3) is 10.1. The molecule has 0 N–H and O–H groups in total. The van der Waals surface area contributed by atoms with Gasteiger partial charge in [0, 0.05) is 58.7 Å². The summed E-state index contributed by atoms with van der Waals surface area (Å²) in [5.74, 6) is 1.27. The molecule has 7 heteroatoms. The van der Waals surface area contributed by atoms with Crippen LogP contribution in [0.3, 0.4) is 0 Å². The van der Waals surface area contributed by atoms with E-state index >= 15 is 0 Å².